The van der Waals surface area contributed by atoms with Gasteiger partial charge in [0.25, 0.3) is 0 Å². The van der Waals surface area contributed by atoms with Crippen LogP contribution in [0.15, 0.2) is 30.9 Å². The Kier molecular flexibility index (Phi) is 3.00. The van der Waals surface area contributed by atoms with Gasteiger partial charge >= 0.3 is 0 Å². The van der Waals surface area contributed by atoms with Gasteiger partial charge in [0, 0.05) is 18.4 Å². The molecular formula is C17H18O3. The quantitative estimate of drug-likeness (QED) is 0.792. The Morgan fingerprint density at radius 3 is 2.95 bits per heavy atom. The van der Waals surface area contributed by atoms with Gasteiger partial charge in [0.1, 0.15) is 11.5 Å². The molecule has 3 rings (SSSR count). The molecule has 1 aromatic rings. The fraction of sp³-hybridized carbons (Fsp3) is 0.412. The lowest BCUT2D eigenvalue weighted by molar-refractivity contribution is -0.123. The smallest absolute Gasteiger partial charge is 0.170 e. The third kappa shape index (κ3) is 1.65. The van der Waals surface area contributed by atoms with Crippen molar-refractivity contribution in [2.24, 2.45) is 5.41 Å². The molecule has 2 aliphatic carbocycles. The SMILES string of the molecule is C=CCC12CC(=O)CCC1c1ccc(OC)cc1C2=O. The van der Waals surface area contributed by atoms with Gasteiger partial charge < -0.3 is 4.74 Å². The molecule has 1 aromatic carbocycles. The summed E-state index contributed by atoms with van der Waals surface area (Å²) in [7, 11) is 1.59. The van der Waals surface area contributed by atoms with E-state index in [4.69, 9.17) is 4.74 Å². The molecule has 3 heteroatoms. The number of ketones is 2. The molecule has 2 aliphatic rings. The summed E-state index contributed by atoms with van der Waals surface area (Å²) >= 11 is 0. The van der Waals surface area contributed by atoms with Crippen molar-refractivity contribution >= 4 is 11.6 Å². The van der Waals surface area contributed by atoms with E-state index in [-0.39, 0.29) is 17.5 Å². The van der Waals surface area contributed by atoms with Crippen LogP contribution in [0.5, 0.6) is 5.75 Å². The largest absolute Gasteiger partial charge is 0.497 e. The Morgan fingerprint density at radius 1 is 1.45 bits per heavy atom. The zero-order valence-electron chi connectivity index (χ0n) is 11.6. The van der Waals surface area contributed by atoms with Crippen molar-refractivity contribution in [2.45, 2.75) is 31.6 Å². The second-order valence-corrected chi connectivity index (χ2v) is 5.74. The van der Waals surface area contributed by atoms with Crippen molar-refractivity contribution in [1.82, 2.24) is 0 Å². The second-order valence-electron chi connectivity index (χ2n) is 5.74. The van der Waals surface area contributed by atoms with Crippen LogP contribution in [0.2, 0.25) is 0 Å². The summed E-state index contributed by atoms with van der Waals surface area (Å²) in [6.45, 7) is 3.78. The van der Waals surface area contributed by atoms with E-state index in [1.807, 2.05) is 18.2 Å². The molecule has 0 spiro atoms. The van der Waals surface area contributed by atoms with Crippen LogP contribution >= 0.6 is 0 Å². The predicted molar refractivity (Wildman–Crippen MR) is 76.2 cm³/mol. The van der Waals surface area contributed by atoms with Crippen molar-refractivity contribution < 1.29 is 14.3 Å². The Bertz CT molecular complexity index is 602. The number of fused-ring (bicyclic) bond motifs is 3. The molecule has 0 N–H and O–H groups in total. The molecule has 0 aliphatic heterocycles. The van der Waals surface area contributed by atoms with E-state index in [1.165, 1.54) is 0 Å². The molecule has 2 unspecified atom stereocenters. The lowest BCUT2D eigenvalue weighted by atomic mass is 9.64. The van der Waals surface area contributed by atoms with Crippen LogP contribution in [-0.4, -0.2) is 18.7 Å². The van der Waals surface area contributed by atoms with E-state index in [2.05, 4.69) is 6.58 Å². The van der Waals surface area contributed by atoms with Crippen LogP contribution in [0.1, 0.15) is 47.5 Å². The van der Waals surface area contributed by atoms with Crippen molar-refractivity contribution in [3.63, 3.8) is 0 Å². The standard InChI is InChI=1S/C17H18O3/c1-3-8-17-10-11(18)4-7-15(17)13-6-5-12(20-2)9-14(13)16(17)19/h3,5-6,9,15H,1,4,7-8,10H2,2H3. The van der Waals surface area contributed by atoms with Crippen molar-refractivity contribution in [1.29, 1.82) is 0 Å². The minimum absolute atomic E-state index is 0.0874. The number of carbonyl (C=O) groups excluding carboxylic acids is 2. The van der Waals surface area contributed by atoms with Crippen LogP contribution in [0.3, 0.4) is 0 Å². The van der Waals surface area contributed by atoms with Gasteiger partial charge in [0.15, 0.2) is 5.78 Å². The molecule has 104 valence electrons. The van der Waals surface area contributed by atoms with Gasteiger partial charge in [-0.1, -0.05) is 12.1 Å². The Balaban J connectivity index is 2.14. The highest BCUT2D eigenvalue weighted by Crippen LogP contribution is 2.56. The highest BCUT2D eigenvalue weighted by atomic mass is 16.5. The predicted octanol–water partition coefficient (Wildman–Crippen LogP) is 3.29. The van der Waals surface area contributed by atoms with Crippen molar-refractivity contribution in [3.8, 4) is 5.75 Å². The number of allylic oxidation sites excluding steroid dienone is 1. The number of Topliss-reactive ketones (excluding diaryl/α,β-unsaturated/α-hetero) is 2. The summed E-state index contributed by atoms with van der Waals surface area (Å²) in [4.78, 5) is 24.8. The number of carbonyl (C=O) groups is 2. The number of rotatable bonds is 3. The number of benzene rings is 1. The second kappa shape index (κ2) is 4.58. The fourth-order valence-electron chi connectivity index (χ4n) is 3.83. The summed E-state index contributed by atoms with van der Waals surface area (Å²) in [5.74, 6) is 1.11. The van der Waals surface area contributed by atoms with E-state index in [9.17, 15) is 9.59 Å². The van der Waals surface area contributed by atoms with Gasteiger partial charge in [0.2, 0.25) is 0 Å². The van der Waals surface area contributed by atoms with E-state index in [0.29, 0.717) is 25.0 Å². The van der Waals surface area contributed by atoms with Gasteiger partial charge in [-0.25, -0.2) is 0 Å². The molecule has 0 amide bonds. The Hall–Kier alpha value is -1.90. The molecule has 0 bridgehead atoms. The van der Waals surface area contributed by atoms with Gasteiger partial charge in [-0.3, -0.25) is 9.59 Å². The zero-order valence-corrected chi connectivity index (χ0v) is 11.6. The molecule has 0 radical (unpaired) electrons. The minimum atomic E-state index is -0.591. The van der Waals surface area contributed by atoms with Gasteiger partial charge in [-0.15, -0.1) is 6.58 Å². The summed E-state index contributed by atoms with van der Waals surface area (Å²) in [5, 5.41) is 0. The van der Waals surface area contributed by atoms with Gasteiger partial charge in [0.05, 0.1) is 12.5 Å². The molecule has 0 heterocycles. The molecule has 0 aromatic heterocycles. The monoisotopic (exact) mass is 270 g/mol. The average molecular weight is 270 g/mol. The highest BCUT2D eigenvalue weighted by Gasteiger charge is 2.54. The lowest BCUT2D eigenvalue weighted by Crippen LogP contribution is -2.37. The van der Waals surface area contributed by atoms with Gasteiger partial charge in [-0.2, -0.15) is 0 Å². The first-order valence-corrected chi connectivity index (χ1v) is 6.97. The third-order valence-corrected chi connectivity index (χ3v) is 4.73. The van der Waals surface area contributed by atoms with Crippen LogP contribution < -0.4 is 4.74 Å². The van der Waals surface area contributed by atoms with Crippen molar-refractivity contribution in [3.05, 3.63) is 42.0 Å². The zero-order chi connectivity index (χ0) is 14.3. The van der Waals surface area contributed by atoms with E-state index in [0.717, 1.165) is 17.5 Å². The first-order valence-electron chi connectivity index (χ1n) is 6.97. The molecule has 1 saturated carbocycles. The molecule has 0 saturated heterocycles. The summed E-state index contributed by atoms with van der Waals surface area (Å²) in [6, 6.07) is 5.69. The van der Waals surface area contributed by atoms with E-state index < -0.39 is 5.41 Å². The van der Waals surface area contributed by atoms with Crippen LogP contribution in [0.25, 0.3) is 0 Å². The summed E-state index contributed by atoms with van der Waals surface area (Å²) in [5.41, 5.74) is 1.21. The normalized spacial score (nSPS) is 27.9. The molecule has 20 heavy (non-hydrogen) atoms. The number of hydrogen-bond acceptors (Lipinski definition) is 3. The summed E-state index contributed by atoms with van der Waals surface area (Å²) in [6.07, 6.45) is 4.02. The van der Waals surface area contributed by atoms with E-state index >= 15 is 0 Å². The number of ether oxygens (including phenoxy) is 1. The fourth-order valence-corrected chi connectivity index (χ4v) is 3.83. The molecule has 2 atom stereocenters. The van der Waals surface area contributed by atoms with Crippen LogP contribution in [0.4, 0.5) is 0 Å². The number of methoxy groups -OCH3 is 1. The first-order chi connectivity index (χ1) is 9.62. The Morgan fingerprint density at radius 2 is 2.25 bits per heavy atom. The topological polar surface area (TPSA) is 43.4 Å². The third-order valence-electron chi connectivity index (χ3n) is 4.73. The number of hydrogen-bond donors (Lipinski definition) is 0. The molecule has 1 fully saturated rings. The first kappa shape index (κ1) is 13.1. The van der Waals surface area contributed by atoms with Crippen LogP contribution in [-0.2, 0) is 4.79 Å². The lowest BCUT2D eigenvalue weighted by Gasteiger charge is -2.36. The summed E-state index contributed by atoms with van der Waals surface area (Å²) < 4.78 is 5.22. The maximum Gasteiger partial charge on any atom is 0.170 e. The maximum absolute atomic E-state index is 12.9. The van der Waals surface area contributed by atoms with Crippen molar-refractivity contribution in [2.75, 3.05) is 7.11 Å². The minimum Gasteiger partial charge on any atom is -0.497 e. The Labute approximate surface area is 118 Å². The van der Waals surface area contributed by atoms with Gasteiger partial charge in [-0.05, 0) is 36.5 Å². The molecular weight excluding hydrogens is 252 g/mol. The average Bonchev–Trinajstić information content (AvgIpc) is 2.68. The highest BCUT2D eigenvalue weighted by molar-refractivity contribution is 6.09. The maximum atomic E-state index is 12.9. The van der Waals surface area contributed by atoms with E-state index in [1.54, 1.807) is 13.2 Å². The van der Waals surface area contributed by atoms with Crippen LogP contribution in [0, 0.1) is 5.41 Å². The molecule has 3 nitrogen and oxygen atoms in total.